The Balaban J connectivity index is 1.64. The van der Waals surface area contributed by atoms with Crippen molar-refractivity contribution in [1.29, 1.82) is 0 Å². The molecule has 0 spiro atoms. The minimum Gasteiger partial charge on any atom is -0.324 e. The molecule has 0 saturated carbocycles. The number of hydrogen-bond acceptors (Lipinski definition) is 4. The fraction of sp³-hybridized carbons (Fsp3) is 0.0952. The smallest absolute Gasteiger partial charge is 0.261 e. The number of aryl methyl sites for hydroxylation is 1. The van der Waals surface area contributed by atoms with Crippen LogP contribution in [0.5, 0.6) is 0 Å². The molecule has 2 amide bonds. The Morgan fingerprint density at radius 2 is 2.00 bits per heavy atom. The maximum atomic E-state index is 13.7. The molecule has 0 saturated heterocycles. The zero-order chi connectivity index (χ0) is 19.7. The largest absolute Gasteiger partial charge is 0.324 e. The summed E-state index contributed by atoms with van der Waals surface area (Å²) in [4.78, 5) is 32.3. The van der Waals surface area contributed by atoms with Crippen molar-refractivity contribution >= 4 is 35.0 Å². The lowest BCUT2D eigenvalue weighted by Gasteiger charge is -2.22. The Morgan fingerprint density at radius 1 is 1.18 bits per heavy atom. The van der Waals surface area contributed by atoms with Crippen LogP contribution in [0.1, 0.15) is 15.9 Å². The summed E-state index contributed by atoms with van der Waals surface area (Å²) in [6, 6.07) is 15.3. The van der Waals surface area contributed by atoms with E-state index in [9.17, 15) is 14.0 Å². The molecule has 7 heteroatoms. The molecule has 1 aromatic heterocycles. The van der Waals surface area contributed by atoms with Gasteiger partial charge in [0.1, 0.15) is 17.4 Å². The summed E-state index contributed by atoms with van der Waals surface area (Å²) in [6.45, 7) is 1.46. The van der Waals surface area contributed by atoms with Gasteiger partial charge in [-0.05, 0) is 48.9 Å². The first-order valence-electron chi connectivity index (χ1n) is 8.63. The highest BCUT2D eigenvalue weighted by Gasteiger charge is 2.29. The van der Waals surface area contributed by atoms with Crippen molar-refractivity contribution in [1.82, 2.24) is 4.98 Å². The van der Waals surface area contributed by atoms with Crippen LogP contribution in [-0.2, 0) is 4.79 Å². The van der Waals surface area contributed by atoms with E-state index in [1.165, 1.54) is 22.7 Å². The quantitative estimate of drug-likeness (QED) is 0.722. The van der Waals surface area contributed by atoms with Gasteiger partial charge in [0.25, 0.3) is 5.91 Å². The molecule has 5 nitrogen and oxygen atoms in total. The highest BCUT2D eigenvalue weighted by Crippen LogP contribution is 2.39. The number of benzene rings is 2. The van der Waals surface area contributed by atoms with Gasteiger partial charge in [0.15, 0.2) is 0 Å². The lowest BCUT2D eigenvalue weighted by Crippen LogP contribution is -2.38. The van der Waals surface area contributed by atoms with Crippen molar-refractivity contribution in [2.75, 3.05) is 16.8 Å². The SMILES string of the molecule is Cc1ccc(NC(=O)CN2C(=O)c3cccnc3Sc3ccccc32)cc1F. The molecule has 3 aromatic rings. The highest BCUT2D eigenvalue weighted by atomic mass is 32.2. The van der Waals surface area contributed by atoms with Gasteiger partial charge >= 0.3 is 0 Å². The highest BCUT2D eigenvalue weighted by molar-refractivity contribution is 7.99. The number of halogens is 1. The molecule has 0 fully saturated rings. The molecule has 1 N–H and O–H groups in total. The molecule has 4 rings (SSSR count). The van der Waals surface area contributed by atoms with Gasteiger partial charge in [0.05, 0.1) is 11.3 Å². The molecule has 2 heterocycles. The van der Waals surface area contributed by atoms with Gasteiger partial charge in [-0.15, -0.1) is 0 Å². The summed E-state index contributed by atoms with van der Waals surface area (Å²) in [5.74, 6) is -1.11. The second-order valence-corrected chi connectivity index (χ2v) is 7.36. The summed E-state index contributed by atoms with van der Waals surface area (Å²) in [5, 5.41) is 3.26. The van der Waals surface area contributed by atoms with Crippen molar-refractivity contribution in [3.05, 3.63) is 77.7 Å². The lowest BCUT2D eigenvalue weighted by molar-refractivity contribution is -0.114. The summed E-state index contributed by atoms with van der Waals surface area (Å²) in [7, 11) is 0. The summed E-state index contributed by atoms with van der Waals surface area (Å²) >= 11 is 1.39. The van der Waals surface area contributed by atoms with Gasteiger partial charge in [-0.1, -0.05) is 30.0 Å². The lowest BCUT2D eigenvalue weighted by atomic mass is 10.2. The van der Waals surface area contributed by atoms with E-state index in [0.717, 1.165) is 4.90 Å². The molecule has 140 valence electrons. The number of rotatable bonds is 3. The Bertz CT molecular complexity index is 1090. The minimum atomic E-state index is -0.413. The van der Waals surface area contributed by atoms with Crippen LogP contribution < -0.4 is 10.2 Å². The van der Waals surface area contributed by atoms with Crippen molar-refractivity contribution in [3.8, 4) is 0 Å². The third-order valence-electron chi connectivity index (χ3n) is 4.37. The average molecular weight is 393 g/mol. The maximum absolute atomic E-state index is 13.7. The van der Waals surface area contributed by atoms with Crippen LogP contribution in [0.2, 0.25) is 0 Å². The van der Waals surface area contributed by atoms with Crippen molar-refractivity contribution in [2.45, 2.75) is 16.8 Å². The molecule has 0 unspecified atom stereocenters. The number of nitrogens with zero attached hydrogens (tertiary/aromatic N) is 2. The fourth-order valence-electron chi connectivity index (χ4n) is 2.93. The molecule has 2 aromatic carbocycles. The second-order valence-electron chi connectivity index (χ2n) is 6.33. The van der Waals surface area contributed by atoms with Gasteiger partial charge < -0.3 is 5.32 Å². The van der Waals surface area contributed by atoms with Gasteiger partial charge in [-0.2, -0.15) is 0 Å². The number of amides is 2. The van der Waals surface area contributed by atoms with Crippen LogP contribution in [0.15, 0.2) is 70.7 Å². The van der Waals surface area contributed by atoms with Gasteiger partial charge in [-0.3, -0.25) is 14.5 Å². The van der Waals surface area contributed by atoms with E-state index in [-0.39, 0.29) is 12.5 Å². The molecule has 1 aliphatic rings. The van der Waals surface area contributed by atoms with E-state index in [1.54, 1.807) is 43.5 Å². The fourth-order valence-corrected chi connectivity index (χ4v) is 3.95. The zero-order valence-electron chi connectivity index (χ0n) is 15.0. The Kier molecular flexibility index (Phi) is 4.83. The topological polar surface area (TPSA) is 62.3 Å². The Labute approximate surface area is 165 Å². The Hall–Kier alpha value is -3.19. The Morgan fingerprint density at radius 3 is 2.82 bits per heavy atom. The van der Waals surface area contributed by atoms with E-state index < -0.39 is 11.7 Å². The molecule has 28 heavy (non-hydrogen) atoms. The predicted octanol–water partition coefficient (Wildman–Crippen LogP) is 4.28. The molecule has 0 aliphatic carbocycles. The first-order chi connectivity index (χ1) is 13.5. The second kappa shape index (κ2) is 7.44. The molecular formula is C21H16FN3O2S. The number of hydrogen-bond donors (Lipinski definition) is 1. The first kappa shape index (κ1) is 18.2. The monoisotopic (exact) mass is 393 g/mol. The van der Waals surface area contributed by atoms with Crippen LogP contribution in [-0.4, -0.2) is 23.3 Å². The van der Waals surface area contributed by atoms with Crippen molar-refractivity contribution < 1.29 is 14.0 Å². The standard InChI is InChI=1S/C21H16FN3O2S/c1-13-8-9-14(11-16(13)22)24-19(26)12-25-17-6-2-3-7-18(17)28-20-15(21(25)27)5-4-10-23-20/h2-11H,12H2,1H3,(H,24,26). The number of fused-ring (bicyclic) bond motifs is 2. The van der Waals surface area contributed by atoms with Crippen LogP contribution in [0, 0.1) is 12.7 Å². The minimum absolute atomic E-state index is 0.194. The molecule has 0 bridgehead atoms. The van der Waals surface area contributed by atoms with E-state index in [1.807, 2.05) is 18.2 Å². The number of anilines is 2. The van der Waals surface area contributed by atoms with Crippen LogP contribution >= 0.6 is 11.8 Å². The average Bonchev–Trinajstić information content (AvgIpc) is 2.80. The molecule has 1 aliphatic heterocycles. The first-order valence-corrected chi connectivity index (χ1v) is 9.44. The number of carbonyl (C=O) groups is 2. The third kappa shape index (κ3) is 3.48. The number of carbonyl (C=O) groups excluding carboxylic acids is 2. The number of aromatic nitrogens is 1. The summed E-state index contributed by atoms with van der Waals surface area (Å²) in [5.41, 5.74) is 1.93. The van der Waals surface area contributed by atoms with Gasteiger partial charge in [0, 0.05) is 16.8 Å². The number of nitrogens with one attached hydrogen (secondary N) is 1. The van der Waals surface area contributed by atoms with Crippen LogP contribution in [0.3, 0.4) is 0 Å². The van der Waals surface area contributed by atoms with Gasteiger partial charge in [0.2, 0.25) is 5.91 Å². The van der Waals surface area contributed by atoms with Crippen LogP contribution in [0.4, 0.5) is 15.8 Å². The number of para-hydroxylation sites is 1. The third-order valence-corrected chi connectivity index (χ3v) is 5.45. The van der Waals surface area contributed by atoms with Crippen LogP contribution in [0.25, 0.3) is 0 Å². The van der Waals surface area contributed by atoms with Crippen molar-refractivity contribution in [3.63, 3.8) is 0 Å². The molecular weight excluding hydrogens is 377 g/mol. The van der Waals surface area contributed by atoms with Gasteiger partial charge in [-0.25, -0.2) is 9.37 Å². The predicted molar refractivity (Wildman–Crippen MR) is 106 cm³/mol. The van der Waals surface area contributed by atoms with E-state index in [2.05, 4.69) is 10.3 Å². The normalized spacial score (nSPS) is 12.8. The molecule has 0 atom stereocenters. The van der Waals surface area contributed by atoms with Crippen molar-refractivity contribution in [2.24, 2.45) is 0 Å². The number of pyridine rings is 1. The maximum Gasteiger partial charge on any atom is 0.261 e. The summed E-state index contributed by atoms with van der Waals surface area (Å²) < 4.78 is 13.7. The summed E-state index contributed by atoms with van der Waals surface area (Å²) in [6.07, 6.45) is 1.63. The zero-order valence-corrected chi connectivity index (χ0v) is 15.8. The van der Waals surface area contributed by atoms with E-state index in [4.69, 9.17) is 0 Å². The van der Waals surface area contributed by atoms with E-state index in [0.29, 0.717) is 27.5 Å². The molecule has 0 radical (unpaired) electrons. The van der Waals surface area contributed by atoms with E-state index >= 15 is 0 Å².